The smallest absolute Gasteiger partial charge is 0.225 e. The summed E-state index contributed by atoms with van der Waals surface area (Å²) in [5.74, 6) is 0.550. The molecule has 0 atom stereocenters. The fourth-order valence-corrected chi connectivity index (χ4v) is 1.25. The average Bonchev–Trinajstić information content (AvgIpc) is 2.29. The second-order valence-corrected chi connectivity index (χ2v) is 3.57. The van der Waals surface area contributed by atoms with Gasteiger partial charge in [0.1, 0.15) is 5.69 Å². The second kappa shape index (κ2) is 6.17. The largest absolute Gasteiger partial charge is 0.343 e. The van der Waals surface area contributed by atoms with Crippen molar-refractivity contribution in [2.45, 2.75) is 13.8 Å². The third-order valence-electron chi connectivity index (χ3n) is 2.22. The standard InChI is InChI=1S/C11H18N4O/c1-4-12-7-8-15(3)11-13-6-5-10(14-11)9(2)16/h5-6,12H,4,7-8H2,1-3H3. The molecule has 0 aliphatic rings. The first-order chi connectivity index (χ1) is 7.65. The van der Waals surface area contributed by atoms with Crippen molar-refractivity contribution < 1.29 is 4.79 Å². The Hall–Kier alpha value is -1.49. The number of anilines is 1. The first kappa shape index (κ1) is 12.6. The third-order valence-corrected chi connectivity index (χ3v) is 2.22. The molecular formula is C11H18N4O. The maximum Gasteiger partial charge on any atom is 0.225 e. The summed E-state index contributed by atoms with van der Waals surface area (Å²) >= 11 is 0. The molecule has 0 fully saturated rings. The van der Waals surface area contributed by atoms with E-state index in [2.05, 4.69) is 22.2 Å². The molecule has 1 heterocycles. The van der Waals surface area contributed by atoms with Crippen molar-refractivity contribution in [3.63, 3.8) is 0 Å². The van der Waals surface area contributed by atoms with Crippen LogP contribution in [0.3, 0.4) is 0 Å². The predicted molar refractivity (Wildman–Crippen MR) is 63.9 cm³/mol. The minimum absolute atomic E-state index is 0.0382. The van der Waals surface area contributed by atoms with E-state index in [9.17, 15) is 4.79 Å². The van der Waals surface area contributed by atoms with E-state index >= 15 is 0 Å². The molecule has 1 rings (SSSR count). The molecule has 0 aliphatic carbocycles. The molecule has 1 aromatic rings. The highest BCUT2D eigenvalue weighted by molar-refractivity contribution is 5.92. The highest BCUT2D eigenvalue weighted by atomic mass is 16.1. The van der Waals surface area contributed by atoms with Crippen LogP contribution in [-0.2, 0) is 0 Å². The number of rotatable bonds is 6. The van der Waals surface area contributed by atoms with Gasteiger partial charge in [0.25, 0.3) is 0 Å². The summed E-state index contributed by atoms with van der Waals surface area (Å²) < 4.78 is 0. The molecule has 5 nitrogen and oxygen atoms in total. The molecule has 1 N–H and O–H groups in total. The molecule has 16 heavy (non-hydrogen) atoms. The zero-order chi connectivity index (χ0) is 12.0. The Morgan fingerprint density at radius 3 is 2.94 bits per heavy atom. The number of nitrogens with zero attached hydrogens (tertiary/aromatic N) is 3. The van der Waals surface area contributed by atoms with Gasteiger partial charge in [-0.1, -0.05) is 6.92 Å². The van der Waals surface area contributed by atoms with Crippen molar-refractivity contribution in [3.05, 3.63) is 18.0 Å². The maximum atomic E-state index is 11.2. The summed E-state index contributed by atoms with van der Waals surface area (Å²) in [5, 5.41) is 3.22. The van der Waals surface area contributed by atoms with Crippen molar-refractivity contribution in [3.8, 4) is 0 Å². The summed E-state index contributed by atoms with van der Waals surface area (Å²) in [4.78, 5) is 21.4. The van der Waals surface area contributed by atoms with Crippen LogP contribution in [0, 0.1) is 0 Å². The summed E-state index contributed by atoms with van der Waals surface area (Å²) in [6.07, 6.45) is 1.61. The van der Waals surface area contributed by atoms with Gasteiger partial charge in [0.2, 0.25) is 5.95 Å². The Bertz CT molecular complexity index is 354. The van der Waals surface area contributed by atoms with Crippen molar-refractivity contribution in [2.24, 2.45) is 0 Å². The topological polar surface area (TPSA) is 58.1 Å². The molecule has 0 bridgehead atoms. The number of carbonyl (C=O) groups is 1. The quantitative estimate of drug-likeness (QED) is 0.568. The lowest BCUT2D eigenvalue weighted by Crippen LogP contribution is -2.30. The number of hydrogen-bond acceptors (Lipinski definition) is 5. The van der Waals surface area contributed by atoms with Crippen LogP contribution in [0.15, 0.2) is 12.3 Å². The Balaban J connectivity index is 2.64. The van der Waals surface area contributed by atoms with Crippen molar-refractivity contribution in [1.82, 2.24) is 15.3 Å². The van der Waals surface area contributed by atoms with Crippen LogP contribution in [0.25, 0.3) is 0 Å². The van der Waals surface area contributed by atoms with Crippen LogP contribution in [0.2, 0.25) is 0 Å². The van der Waals surface area contributed by atoms with Crippen LogP contribution < -0.4 is 10.2 Å². The van der Waals surface area contributed by atoms with E-state index in [1.165, 1.54) is 6.92 Å². The van der Waals surface area contributed by atoms with E-state index in [-0.39, 0.29) is 5.78 Å². The molecule has 0 saturated heterocycles. The maximum absolute atomic E-state index is 11.2. The van der Waals surface area contributed by atoms with E-state index in [0.717, 1.165) is 19.6 Å². The molecule has 88 valence electrons. The summed E-state index contributed by atoms with van der Waals surface area (Å²) in [6.45, 7) is 6.20. The predicted octanol–water partition coefficient (Wildman–Crippen LogP) is 0.725. The van der Waals surface area contributed by atoms with Gasteiger partial charge in [-0.25, -0.2) is 9.97 Å². The molecule has 1 aromatic heterocycles. The fourth-order valence-electron chi connectivity index (χ4n) is 1.25. The van der Waals surface area contributed by atoms with Crippen molar-refractivity contribution in [2.75, 3.05) is 31.6 Å². The number of likely N-dealkylation sites (N-methyl/N-ethyl adjacent to an activating group) is 2. The summed E-state index contributed by atoms with van der Waals surface area (Å²) in [5.41, 5.74) is 0.459. The van der Waals surface area contributed by atoms with Gasteiger partial charge in [0.15, 0.2) is 5.78 Å². The number of ketones is 1. The lowest BCUT2D eigenvalue weighted by atomic mass is 10.3. The van der Waals surface area contributed by atoms with Gasteiger partial charge < -0.3 is 10.2 Å². The number of hydrogen-bond donors (Lipinski definition) is 1. The van der Waals surface area contributed by atoms with E-state index in [1.807, 2.05) is 11.9 Å². The van der Waals surface area contributed by atoms with Gasteiger partial charge in [0, 0.05) is 33.3 Å². The van der Waals surface area contributed by atoms with Crippen LogP contribution in [0.1, 0.15) is 24.3 Å². The second-order valence-electron chi connectivity index (χ2n) is 3.57. The van der Waals surface area contributed by atoms with Crippen LogP contribution >= 0.6 is 0 Å². The zero-order valence-corrected chi connectivity index (χ0v) is 10.0. The van der Waals surface area contributed by atoms with Gasteiger partial charge in [-0.2, -0.15) is 0 Å². The van der Waals surface area contributed by atoms with Crippen molar-refractivity contribution in [1.29, 1.82) is 0 Å². The lowest BCUT2D eigenvalue weighted by Gasteiger charge is -2.17. The Morgan fingerprint density at radius 2 is 2.31 bits per heavy atom. The summed E-state index contributed by atoms with van der Waals surface area (Å²) in [6, 6.07) is 1.63. The van der Waals surface area contributed by atoms with E-state index in [1.54, 1.807) is 12.3 Å². The Morgan fingerprint density at radius 1 is 1.56 bits per heavy atom. The normalized spacial score (nSPS) is 10.2. The molecule has 5 heteroatoms. The van der Waals surface area contributed by atoms with Crippen LogP contribution in [0.5, 0.6) is 0 Å². The molecule has 0 saturated carbocycles. The third kappa shape index (κ3) is 3.58. The first-order valence-corrected chi connectivity index (χ1v) is 5.41. The van der Waals surface area contributed by atoms with Gasteiger partial charge in [-0.05, 0) is 12.6 Å². The average molecular weight is 222 g/mol. The molecule has 0 aromatic carbocycles. The van der Waals surface area contributed by atoms with Crippen LogP contribution in [0.4, 0.5) is 5.95 Å². The highest BCUT2D eigenvalue weighted by Gasteiger charge is 2.06. The highest BCUT2D eigenvalue weighted by Crippen LogP contribution is 2.05. The SMILES string of the molecule is CCNCCN(C)c1nccc(C(C)=O)n1. The van der Waals surface area contributed by atoms with Crippen LogP contribution in [-0.4, -0.2) is 42.4 Å². The van der Waals surface area contributed by atoms with Crippen molar-refractivity contribution >= 4 is 11.7 Å². The van der Waals surface area contributed by atoms with E-state index in [4.69, 9.17) is 0 Å². The Kier molecular flexibility index (Phi) is 4.85. The molecular weight excluding hydrogens is 204 g/mol. The minimum Gasteiger partial charge on any atom is -0.343 e. The van der Waals surface area contributed by atoms with E-state index in [0.29, 0.717) is 11.6 Å². The van der Waals surface area contributed by atoms with Gasteiger partial charge >= 0.3 is 0 Å². The molecule has 0 amide bonds. The minimum atomic E-state index is -0.0382. The van der Waals surface area contributed by atoms with Gasteiger partial charge in [-0.3, -0.25) is 4.79 Å². The van der Waals surface area contributed by atoms with Gasteiger partial charge in [-0.15, -0.1) is 0 Å². The number of aromatic nitrogens is 2. The fraction of sp³-hybridized carbons (Fsp3) is 0.545. The molecule has 0 unspecified atom stereocenters. The van der Waals surface area contributed by atoms with E-state index < -0.39 is 0 Å². The Labute approximate surface area is 95.9 Å². The van der Waals surface area contributed by atoms with Gasteiger partial charge in [0.05, 0.1) is 0 Å². The number of carbonyl (C=O) groups excluding carboxylic acids is 1. The number of Topliss-reactive ketones (excluding diaryl/α,β-unsaturated/α-hetero) is 1. The summed E-state index contributed by atoms with van der Waals surface area (Å²) in [7, 11) is 1.91. The monoisotopic (exact) mass is 222 g/mol. The number of nitrogens with one attached hydrogen (secondary N) is 1. The molecule has 0 radical (unpaired) electrons. The lowest BCUT2D eigenvalue weighted by molar-refractivity contribution is 0.101. The molecule has 0 spiro atoms. The molecule has 0 aliphatic heterocycles. The zero-order valence-electron chi connectivity index (χ0n) is 10.0. The first-order valence-electron chi connectivity index (χ1n) is 5.41.